The Morgan fingerprint density at radius 3 is 2.67 bits per heavy atom. The minimum atomic E-state index is -0.00379. The van der Waals surface area contributed by atoms with Crippen molar-refractivity contribution in [3.05, 3.63) is 51.9 Å². The number of rotatable bonds is 4. The first-order valence-electron chi connectivity index (χ1n) is 5.84. The van der Waals surface area contributed by atoms with Gasteiger partial charge in [-0.1, -0.05) is 19.1 Å². The number of pyridine rings is 1. The van der Waals surface area contributed by atoms with Crippen LogP contribution in [0.1, 0.15) is 25.1 Å². The highest BCUT2D eigenvalue weighted by Gasteiger charge is 2.06. The van der Waals surface area contributed by atoms with E-state index in [-0.39, 0.29) is 6.04 Å². The molecule has 0 aliphatic rings. The lowest BCUT2D eigenvalue weighted by atomic mass is 10.1. The van der Waals surface area contributed by atoms with E-state index in [2.05, 4.69) is 27.6 Å². The SMILES string of the molecule is CC[C@H](N)c1ccc(Oc2ccccc2I)cn1. The van der Waals surface area contributed by atoms with Crippen LogP contribution in [-0.4, -0.2) is 4.98 Å². The number of para-hydroxylation sites is 1. The fraction of sp³-hybridized carbons (Fsp3) is 0.214. The van der Waals surface area contributed by atoms with Crippen LogP contribution in [0, 0.1) is 3.57 Å². The summed E-state index contributed by atoms with van der Waals surface area (Å²) in [6, 6.07) is 11.7. The van der Waals surface area contributed by atoms with E-state index in [1.807, 2.05) is 43.3 Å². The first-order valence-corrected chi connectivity index (χ1v) is 6.92. The molecule has 0 fully saturated rings. The van der Waals surface area contributed by atoms with Crippen LogP contribution >= 0.6 is 22.6 Å². The topological polar surface area (TPSA) is 48.1 Å². The zero-order chi connectivity index (χ0) is 13.0. The highest BCUT2D eigenvalue weighted by atomic mass is 127. The molecule has 1 aromatic carbocycles. The number of halogens is 1. The molecule has 1 atom stereocenters. The molecule has 4 heteroatoms. The molecule has 1 heterocycles. The van der Waals surface area contributed by atoms with Gasteiger partial charge in [-0.15, -0.1) is 0 Å². The zero-order valence-corrected chi connectivity index (χ0v) is 12.3. The smallest absolute Gasteiger partial charge is 0.145 e. The van der Waals surface area contributed by atoms with Crippen LogP contribution in [0.5, 0.6) is 11.5 Å². The van der Waals surface area contributed by atoms with Crippen molar-refractivity contribution in [2.24, 2.45) is 5.73 Å². The molecule has 1 aromatic heterocycles. The summed E-state index contributed by atoms with van der Waals surface area (Å²) in [5.74, 6) is 1.57. The van der Waals surface area contributed by atoms with E-state index in [1.165, 1.54) is 0 Å². The van der Waals surface area contributed by atoms with Crippen LogP contribution < -0.4 is 10.5 Å². The van der Waals surface area contributed by atoms with E-state index in [4.69, 9.17) is 10.5 Å². The normalized spacial score (nSPS) is 12.2. The van der Waals surface area contributed by atoms with Crippen LogP contribution in [0.2, 0.25) is 0 Å². The van der Waals surface area contributed by atoms with Gasteiger partial charge in [0.05, 0.1) is 15.5 Å². The molecular formula is C14H15IN2O. The summed E-state index contributed by atoms with van der Waals surface area (Å²) in [6.45, 7) is 2.04. The Morgan fingerprint density at radius 1 is 1.28 bits per heavy atom. The largest absolute Gasteiger partial charge is 0.455 e. The average molecular weight is 354 g/mol. The van der Waals surface area contributed by atoms with Crippen molar-refractivity contribution < 1.29 is 4.74 Å². The molecule has 2 aromatic rings. The van der Waals surface area contributed by atoms with Gasteiger partial charge in [-0.2, -0.15) is 0 Å². The number of benzene rings is 1. The third-order valence-corrected chi connectivity index (χ3v) is 3.53. The number of hydrogen-bond acceptors (Lipinski definition) is 3. The number of nitrogens with two attached hydrogens (primary N) is 1. The summed E-state index contributed by atoms with van der Waals surface area (Å²) in [7, 11) is 0. The average Bonchev–Trinajstić information content (AvgIpc) is 2.41. The molecule has 2 N–H and O–H groups in total. The molecule has 0 bridgehead atoms. The van der Waals surface area contributed by atoms with Crippen molar-refractivity contribution in [1.29, 1.82) is 0 Å². The molecule has 0 spiro atoms. The standard InChI is InChI=1S/C14H15IN2O/c1-2-12(16)13-8-7-10(9-17-13)18-14-6-4-3-5-11(14)15/h3-9,12H,2,16H2,1H3/t12-/m0/s1. The molecule has 0 aliphatic carbocycles. The quantitative estimate of drug-likeness (QED) is 0.848. The maximum atomic E-state index is 5.92. The fourth-order valence-electron chi connectivity index (χ4n) is 1.54. The molecule has 0 saturated heterocycles. The van der Waals surface area contributed by atoms with Gasteiger partial charge in [0.15, 0.2) is 0 Å². The predicted octanol–water partition coefficient (Wildman–Crippen LogP) is 3.89. The molecule has 0 unspecified atom stereocenters. The van der Waals surface area contributed by atoms with Gasteiger partial charge in [0, 0.05) is 6.04 Å². The molecule has 0 radical (unpaired) electrons. The second-order valence-electron chi connectivity index (χ2n) is 3.97. The lowest BCUT2D eigenvalue weighted by Gasteiger charge is -2.10. The van der Waals surface area contributed by atoms with E-state index < -0.39 is 0 Å². The van der Waals surface area contributed by atoms with E-state index in [0.29, 0.717) is 0 Å². The van der Waals surface area contributed by atoms with Crippen LogP contribution in [-0.2, 0) is 0 Å². The van der Waals surface area contributed by atoms with E-state index in [1.54, 1.807) is 6.20 Å². The Labute approximate surface area is 121 Å². The molecule has 0 amide bonds. The highest BCUT2D eigenvalue weighted by molar-refractivity contribution is 14.1. The van der Waals surface area contributed by atoms with Crippen molar-refractivity contribution in [3.8, 4) is 11.5 Å². The molecule has 3 nitrogen and oxygen atoms in total. The van der Waals surface area contributed by atoms with Gasteiger partial charge < -0.3 is 10.5 Å². The summed E-state index contributed by atoms with van der Waals surface area (Å²) >= 11 is 2.25. The number of aromatic nitrogens is 1. The number of nitrogens with zero attached hydrogens (tertiary/aromatic N) is 1. The van der Waals surface area contributed by atoms with Crippen molar-refractivity contribution in [2.45, 2.75) is 19.4 Å². The molecule has 18 heavy (non-hydrogen) atoms. The van der Waals surface area contributed by atoms with Crippen molar-refractivity contribution in [3.63, 3.8) is 0 Å². The Morgan fingerprint density at radius 2 is 2.06 bits per heavy atom. The second kappa shape index (κ2) is 6.15. The van der Waals surface area contributed by atoms with E-state index >= 15 is 0 Å². The van der Waals surface area contributed by atoms with Gasteiger partial charge in [0.25, 0.3) is 0 Å². The van der Waals surface area contributed by atoms with Gasteiger partial charge >= 0.3 is 0 Å². The second-order valence-corrected chi connectivity index (χ2v) is 5.13. The predicted molar refractivity (Wildman–Crippen MR) is 80.7 cm³/mol. The highest BCUT2D eigenvalue weighted by Crippen LogP contribution is 2.26. The van der Waals surface area contributed by atoms with Crippen LogP contribution in [0.15, 0.2) is 42.6 Å². The number of hydrogen-bond donors (Lipinski definition) is 1. The monoisotopic (exact) mass is 354 g/mol. The molecular weight excluding hydrogens is 339 g/mol. The first kappa shape index (κ1) is 13.3. The minimum absolute atomic E-state index is 0.00379. The van der Waals surface area contributed by atoms with Gasteiger partial charge in [-0.3, -0.25) is 4.98 Å². The van der Waals surface area contributed by atoms with E-state index in [0.717, 1.165) is 27.2 Å². The lowest BCUT2D eigenvalue weighted by Crippen LogP contribution is -2.10. The maximum Gasteiger partial charge on any atom is 0.145 e. The maximum absolute atomic E-state index is 5.92. The van der Waals surface area contributed by atoms with Crippen molar-refractivity contribution in [1.82, 2.24) is 4.98 Å². The zero-order valence-electron chi connectivity index (χ0n) is 10.1. The minimum Gasteiger partial charge on any atom is -0.455 e. The molecule has 2 rings (SSSR count). The first-order chi connectivity index (χ1) is 8.70. The van der Waals surface area contributed by atoms with Gasteiger partial charge in [-0.25, -0.2) is 0 Å². The van der Waals surface area contributed by atoms with E-state index in [9.17, 15) is 0 Å². The summed E-state index contributed by atoms with van der Waals surface area (Å²) in [4.78, 5) is 4.32. The molecule has 94 valence electrons. The summed E-state index contributed by atoms with van der Waals surface area (Å²) < 4.78 is 6.84. The summed E-state index contributed by atoms with van der Waals surface area (Å²) in [6.07, 6.45) is 2.59. The summed E-state index contributed by atoms with van der Waals surface area (Å²) in [5.41, 5.74) is 6.81. The molecule has 0 saturated carbocycles. The summed E-state index contributed by atoms with van der Waals surface area (Å²) in [5, 5.41) is 0. The van der Waals surface area contributed by atoms with Crippen LogP contribution in [0.3, 0.4) is 0 Å². The van der Waals surface area contributed by atoms with Crippen LogP contribution in [0.25, 0.3) is 0 Å². The van der Waals surface area contributed by atoms with Gasteiger partial charge in [0.2, 0.25) is 0 Å². The third-order valence-electron chi connectivity index (χ3n) is 2.64. The molecule has 0 aliphatic heterocycles. The van der Waals surface area contributed by atoms with Gasteiger partial charge in [0.1, 0.15) is 11.5 Å². The van der Waals surface area contributed by atoms with Gasteiger partial charge in [-0.05, 0) is 53.3 Å². The van der Waals surface area contributed by atoms with Crippen molar-refractivity contribution >= 4 is 22.6 Å². The fourth-order valence-corrected chi connectivity index (χ4v) is 2.03. The Kier molecular flexibility index (Phi) is 4.54. The number of ether oxygens (including phenoxy) is 1. The third kappa shape index (κ3) is 3.20. The Hall–Kier alpha value is -1.14. The van der Waals surface area contributed by atoms with Crippen LogP contribution in [0.4, 0.5) is 0 Å². The lowest BCUT2D eigenvalue weighted by molar-refractivity contribution is 0.475. The Bertz CT molecular complexity index is 513. The Balaban J connectivity index is 2.14. The van der Waals surface area contributed by atoms with Crippen molar-refractivity contribution in [2.75, 3.05) is 0 Å².